The number of nitrogens with one attached hydrogen (secondary N) is 3. The highest BCUT2D eigenvalue weighted by Gasteiger charge is 2.27. The van der Waals surface area contributed by atoms with Gasteiger partial charge in [-0.3, -0.25) is 18.9 Å². The molecular weight excluding hydrogens is 571 g/mol. The predicted octanol–water partition coefficient (Wildman–Crippen LogP) is 5.07. The maximum Gasteiger partial charge on any atom is 0.354 e. The first-order valence-corrected chi connectivity index (χ1v) is 16.6. The Morgan fingerprint density at radius 2 is 1.77 bits per heavy atom. The Morgan fingerprint density at radius 3 is 2.45 bits per heavy atom. The van der Waals surface area contributed by atoms with E-state index in [-0.39, 0.29) is 22.5 Å². The second-order valence-electron chi connectivity index (χ2n) is 9.49. The second kappa shape index (κ2) is 14.6. The Kier molecular flexibility index (Phi) is 11.6. The normalized spacial score (nSPS) is 11.5. The van der Waals surface area contributed by atoms with Crippen LogP contribution >= 0.6 is 23.1 Å². The highest BCUT2D eigenvalue weighted by Crippen LogP contribution is 2.38. The monoisotopic (exact) mass is 607 g/mol. The molecule has 2 heterocycles. The summed E-state index contributed by atoms with van der Waals surface area (Å²) in [5.41, 5.74) is 1.03. The lowest BCUT2D eigenvalue weighted by Gasteiger charge is -2.16. The lowest BCUT2D eigenvalue weighted by atomic mass is 10.2. The number of benzene rings is 1. The zero-order chi connectivity index (χ0) is 29.3. The number of hydrogen-bond acceptors (Lipinski definition) is 8. The summed E-state index contributed by atoms with van der Waals surface area (Å²) < 4.78 is 31.0. The van der Waals surface area contributed by atoms with Gasteiger partial charge < -0.3 is 10.6 Å². The van der Waals surface area contributed by atoms with Gasteiger partial charge >= 0.3 is 5.69 Å². The third-order valence-electron chi connectivity index (χ3n) is 6.23. The van der Waals surface area contributed by atoms with Crippen LogP contribution < -0.4 is 21.0 Å². The summed E-state index contributed by atoms with van der Waals surface area (Å²) >= 11 is 3.00. The Labute approximate surface area is 243 Å². The molecule has 0 bridgehead atoms. The zero-order valence-corrected chi connectivity index (χ0v) is 25.8. The first-order chi connectivity index (χ1) is 19.0. The van der Waals surface area contributed by atoms with Crippen LogP contribution in [0.4, 0.5) is 11.5 Å². The summed E-state index contributed by atoms with van der Waals surface area (Å²) in [7, 11) is -4.05. The molecule has 13 heteroatoms. The molecule has 3 N–H and O–H groups in total. The highest BCUT2D eigenvalue weighted by atomic mass is 32.2. The van der Waals surface area contributed by atoms with Crippen molar-refractivity contribution < 1.29 is 18.0 Å². The van der Waals surface area contributed by atoms with E-state index in [0.29, 0.717) is 35.8 Å². The number of nitrogens with zero attached hydrogens (tertiary/aromatic N) is 2. The third-order valence-corrected chi connectivity index (χ3v) is 10.1. The number of hydrogen-bond donors (Lipinski definition) is 3. The molecule has 0 fully saturated rings. The summed E-state index contributed by atoms with van der Waals surface area (Å²) in [5, 5.41) is 5.57. The molecule has 3 rings (SSSR count). The smallest absolute Gasteiger partial charge is 0.354 e. The molecule has 0 unspecified atom stereocenters. The molecule has 0 saturated carbocycles. The lowest BCUT2D eigenvalue weighted by Crippen LogP contribution is -2.24. The molecule has 2 aliphatic rings. The van der Waals surface area contributed by atoms with Gasteiger partial charge in [-0.15, -0.1) is 23.1 Å². The van der Waals surface area contributed by atoms with Crippen molar-refractivity contribution in [2.45, 2.75) is 81.7 Å². The van der Waals surface area contributed by atoms with Gasteiger partial charge in [0.2, 0.25) is 11.8 Å². The Morgan fingerprint density at radius 1 is 1.05 bits per heavy atom. The number of unbranched alkanes of at least 4 members (excludes halogenated alkanes) is 4. The molecule has 218 valence electrons. The lowest BCUT2D eigenvalue weighted by molar-refractivity contribution is -0.121. The van der Waals surface area contributed by atoms with Crippen LogP contribution in [0.2, 0.25) is 0 Å². The number of carbonyl (C=O) groups is 2. The fraction of sp³-hybridized carbons (Fsp3) is 0.481. The fourth-order valence-electron chi connectivity index (χ4n) is 4.01. The van der Waals surface area contributed by atoms with Crippen molar-refractivity contribution >= 4 is 56.4 Å². The predicted molar refractivity (Wildman–Crippen MR) is 162 cm³/mol. The fourth-order valence-corrected chi connectivity index (χ4v) is 7.54. The molecule has 0 spiro atoms. The summed E-state index contributed by atoms with van der Waals surface area (Å²) in [4.78, 5) is 41.1. The molecule has 10 nitrogen and oxygen atoms in total. The number of anilines is 2. The minimum atomic E-state index is -4.05. The maximum absolute atomic E-state index is 13.2. The van der Waals surface area contributed by atoms with Gasteiger partial charge in [0.05, 0.1) is 9.10 Å². The molecule has 2 amide bonds. The average Bonchev–Trinajstić information content (AvgIpc) is 3.21. The van der Waals surface area contributed by atoms with E-state index in [1.807, 2.05) is 6.92 Å². The van der Waals surface area contributed by atoms with Gasteiger partial charge in [0.1, 0.15) is 5.69 Å². The SMILES string of the molecule is CCCCCCNC(=O)CCCCSc1sc(C)c(C)n2c(=O)nc(NS(=O)(=O)c3ccc(NC(C)=O)cc3)c1-2. The van der Waals surface area contributed by atoms with Crippen LogP contribution in [0.1, 0.15) is 69.4 Å². The zero-order valence-electron chi connectivity index (χ0n) is 23.3. The second-order valence-corrected chi connectivity index (χ2v) is 13.8. The van der Waals surface area contributed by atoms with Crippen LogP contribution in [-0.4, -0.2) is 42.1 Å². The first kappa shape index (κ1) is 31.6. The molecule has 0 aliphatic carbocycles. The Bertz CT molecular complexity index is 1450. The van der Waals surface area contributed by atoms with Crippen molar-refractivity contribution in [3.8, 4) is 5.69 Å². The number of rotatable bonds is 15. The number of aryl methyl sites for hydroxylation is 1. The Balaban J connectivity index is 1.69. The summed E-state index contributed by atoms with van der Waals surface area (Å²) in [5.74, 6) is 0.472. The van der Waals surface area contributed by atoms with Crippen LogP contribution in [0, 0.1) is 13.8 Å². The quantitative estimate of drug-likeness (QED) is 0.162. The number of carbonyl (C=O) groups excluding carboxylic acids is 2. The number of aromatic nitrogens is 2. The van der Waals surface area contributed by atoms with Crippen molar-refractivity contribution in [2.75, 3.05) is 22.3 Å². The van der Waals surface area contributed by atoms with E-state index in [9.17, 15) is 22.8 Å². The van der Waals surface area contributed by atoms with E-state index in [2.05, 4.69) is 27.3 Å². The molecule has 0 radical (unpaired) electrons. The van der Waals surface area contributed by atoms with E-state index in [1.54, 1.807) is 6.92 Å². The number of fused-ring (bicyclic) bond motifs is 1. The minimum Gasteiger partial charge on any atom is -0.356 e. The van der Waals surface area contributed by atoms with Crippen molar-refractivity contribution in [2.24, 2.45) is 0 Å². The number of imidazole rings is 1. The first-order valence-electron chi connectivity index (χ1n) is 13.4. The van der Waals surface area contributed by atoms with Gasteiger partial charge in [0, 0.05) is 36.1 Å². The largest absolute Gasteiger partial charge is 0.356 e. The van der Waals surface area contributed by atoms with Crippen molar-refractivity contribution in [3.63, 3.8) is 0 Å². The Hall–Kier alpha value is -2.90. The molecule has 0 atom stereocenters. The number of amides is 2. The van der Waals surface area contributed by atoms with E-state index in [1.165, 1.54) is 65.3 Å². The molecule has 0 saturated heterocycles. The van der Waals surface area contributed by atoms with Crippen molar-refractivity contribution in [1.29, 1.82) is 0 Å². The summed E-state index contributed by atoms with van der Waals surface area (Å²) in [6, 6.07) is 5.73. The third kappa shape index (κ3) is 8.55. The molecule has 0 aromatic heterocycles. The van der Waals surface area contributed by atoms with E-state index >= 15 is 0 Å². The highest BCUT2D eigenvalue weighted by molar-refractivity contribution is 8.01. The molecule has 1 aromatic carbocycles. The molecule has 1 aromatic rings. The van der Waals surface area contributed by atoms with Crippen LogP contribution in [0.25, 0.3) is 5.69 Å². The van der Waals surface area contributed by atoms with E-state index < -0.39 is 15.7 Å². The number of sulfonamides is 1. The van der Waals surface area contributed by atoms with Crippen molar-refractivity contribution in [3.05, 3.63) is 45.3 Å². The summed E-state index contributed by atoms with van der Waals surface area (Å²) in [6.07, 6.45) is 6.46. The van der Waals surface area contributed by atoms with E-state index in [4.69, 9.17) is 0 Å². The van der Waals surface area contributed by atoms with Crippen molar-refractivity contribution in [1.82, 2.24) is 14.9 Å². The molecule has 40 heavy (non-hydrogen) atoms. The number of thioether (sulfide) groups is 1. The van der Waals surface area contributed by atoms with Gasteiger partial charge in [0.25, 0.3) is 10.0 Å². The standard InChI is InChI=1S/C27H37N5O5S3/c1-5-6-7-9-16-28-23(34)11-8-10-17-38-26-24-25(30-27(35)32(24)18(2)19(3)39-26)31-40(36,37)22-14-12-21(13-15-22)29-20(4)33/h12-15H,5-11,16-17H2,1-4H3,(H,28,34)(H,29,33)(H,30,31,35). The van der Waals surface area contributed by atoms with Crippen LogP contribution in [-0.2, 0) is 19.6 Å². The molecule has 2 aliphatic heterocycles. The van der Waals surface area contributed by atoms with E-state index in [0.717, 1.165) is 41.2 Å². The van der Waals surface area contributed by atoms with Gasteiger partial charge in [-0.25, -0.2) is 13.2 Å². The van der Waals surface area contributed by atoms with Gasteiger partial charge in [-0.05, 0) is 63.1 Å². The van der Waals surface area contributed by atoms with Crippen LogP contribution in [0.5, 0.6) is 0 Å². The van der Waals surface area contributed by atoms with Gasteiger partial charge in [-0.1, -0.05) is 26.2 Å². The maximum atomic E-state index is 13.2. The van der Waals surface area contributed by atoms with Gasteiger partial charge in [0.15, 0.2) is 5.82 Å². The molecular formula is C27H37N5O5S3. The average molecular weight is 608 g/mol. The van der Waals surface area contributed by atoms with Gasteiger partial charge in [-0.2, -0.15) is 4.98 Å². The van der Waals surface area contributed by atoms with Crippen LogP contribution in [0.15, 0.2) is 38.2 Å². The van der Waals surface area contributed by atoms with Crippen LogP contribution in [0.3, 0.4) is 0 Å². The topological polar surface area (TPSA) is 139 Å². The summed E-state index contributed by atoms with van der Waals surface area (Å²) in [6.45, 7) is 7.95. The minimum absolute atomic E-state index is 0.0273.